The number of aliphatic hydroxyl groups excluding tert-OH is 1. The molecule has 0 saturated heterocycles. The molecule has 0 radical (unpaired) electrons. The van der Waals surface area contributed by atoms with Gasteiger partial charge in [-0.25, -0.2) is 0 Å². The van der Waals surface area contributed by atoms with Crippen LogP contribution in [0.15, 0.2) is 30.3 Å². The molecule has 0 aliphatic rings. The molecule has 0 aromatic heterocycles. The van der Waals surface area contributed by atoms with Crippen molar-refractivity contribution in [1.29, 1.82) is 0 Å². The van der Waals surface area contributed by atoms with Gasteiger partial charge in [0.25, 0.3) is 0 Å². The van der Waals surface area contributed by atoms with Crippen LogP contribution in [0.25, 0.3) is 0 Å². The topological polar surface area (TPSA) is 49.3 Å². The highest BCUT2D eigenvalue weighted by Gasteiger charge is 2.18. The maximum Gasteiger partial charge on any atom is 0.223 e. The Morgan fingerprint density at radius 3 is 2.39 bits per heavy atom. The molecule has 0 bridgehead atoms. The van der Waals surface area contributed by atoms with Crippen molar-refractivity contribution in [2.24, 2.45) is 11.8 Å². The number of carbonyl (C=O) groups is 1. The van der Waals surface area contributed by atoms with Crippen molar-refractivity contribution in [2.45, 2.75) is 33.2 Å². The lowest BCUT2D eigenvalue weighted by atomic mass is 9.96. The van der Waals surface area contributed by atoms with Crippen LogP contribution in [0.5, 0.6) is 0 Å². The molecule has 0 unspecified atom stereocenters. The van der Waals surface area contributed by atoms with Gasteiger partial charge in [0.15, 0.2) is 0 Å². The van der Waals surface area contributed by atoms with Crippen LogP contribution in [-0.2, 0) is 4.79 Å². The molecule has 1 rings (SSSR count). The second-order valence-electron chi connectivity index (χ2n) is 5.07. The van der Waals surface area contributed by atoms with Crippen LogP contribution >= 0.6 is 0 Å². The van der Waals surface area contributed by atoms with Crippen LogP contribution in [0.1, 0.15) is 38.8 Å². The second kappa shape index (κ2) is 7.17. The van der Waals surface area contributed by atoms with Crippen molar-refractivity contribution in [3.63, 3.8) is 0 Å². The third-order valence-electron chi connectivity index (χ3n) is 3.17. The molecule has 3 atom stereocenters. The number of hydrogen-bond donors (Lipinski definition) is 2. The highest BCUT2D eigenvalue weighted by atomic mass is 16.3. The summed E-state index contributed by atoms with van der Waals surface area (Å²) in [5.74, 6) is 0.141. The van der Waals surface area contributed by atoms with E-state index in [2.05, 4.69) is 5.32 Å². The Bertz CT molecular complexity index is 364. The molecule has 1 aromatic carbocycles. The number of amides is 1. The average molecular weight is 249 g/mol. The predicted octanol–water partition coefficient (Wildman–Crippen LogP) is 2.52. The van der Waals surface area contributed by atoms with Gasteiger partial charge in [-0.3, -0.25) is 4.79 Å². The zero-order valence-electron chi connectivity index (χ0n) is 11.4. The number of rotatable bonds is 6. The fraction of sp³-hybridized carbons (Fsp3) is 0.533. The van der Waals surface area contributed by atoms with E-state index in [1.807, 2.05) is 51.1 Å². The van der Waals surface area contributed by atoms with Gasteiger partial charge in [0.2, 0.25) is 5.91 Å². The first kappa shape index (κ1) is 14.7. The van der Waals surface area contributed by atoms with Crippen molar-refractivity contribution in [2.75, 3.05) is 6.61 Å². The van der Waals surface area contributed by atoms with E-state index >= 15 is 0 Å². The highest BCUT2D eigenvalue weighted by Crippen LogP contribution is 2.15. The molecule has 1 amide bonds. The van der Waals surface area contributed by atoms with Crippen molar-refractivity contribution in [3.05, 3.63) is 35.9 Å². The number of hydrogen-bond acceptors (Lipinski definition) is 2. The molecule has 18 heavy (non-hydrogen) atoms. The maximum atomic E-state index is 12.0. The van der Waals surface area contributed by atoms with Crippen LogP contribution < -0.4 is 5.32 Å². The average Bonchev–Trinajstić information content (AvgIpc) is 2.39. The van der Waals surface area contributed by atoms with Gasteiger partial charge in [0, 0.05) is 12.5 Å². The summed E-state index contributed by atoms with van der Waals surface area (Å²) in [5, 5.41) is 12.0. The normalized spacial score (nSPS) is 15.8. The van der Waals surface area contributed by atoms with Gasteiger partial charge in [-0.2, -0.15) is 0 Å². The maximum absolute atomic E-state index is 12.0. The van der Waals surface area contributed by atoms with Crippen molar-refractivity contribution < 1.29 is 9.90 Å². The van der Waals surface area contributed by atoms with Crippen molar-refractivity contribution in [1.82, 2.24) is 5.32 Å². The molecule has 1 aromatic rings. The molecule has 0 aliphatic heterocycles. The van der Waals surface area contributed by atoms with Crippen molar-refractivity contribution in [3.8, 4) is 0 Å². The van der Waals surface area contributed by atoms with Gasteiger partial charge in [-0.15, -0.1) is 0 Å². The van der Waals surface area contributed by atoms with Gasteiger partial charge >= 0.3 is 0 Å². The number of benzene rings is 1. The van der Waals surface area contributed by atoms with E-state index in [4.69, 9.17) is 5.11 Å². The summed E-state index contributed by atoms with van der Waals surface area (Å²) in [6.07, 6.45) is 0.712. The first-order chi connectivity index (χ1) is 8.54. The largest absolute Gasteiger partial charge is 0.396 e. The summed E-state index contributed by atoms with van der Waals surface area (Å²) < 4.78 is 0. The van der Waals surface area contributed by atoms with E-state index in [-0.39, 0.29) is 30.4 Å². The zero-order valence-corrected chi connectivity index (χ0v) is 11.4. The molecule has 2 N–H and O–H groups in total. The Labute approximate surface area is 109 Å². The first-order valence-electron chi connectivity index (χ1n) is 6.50. The minimum Gasteiger partial charge on any atom is -0.396 e. The molecule has 0 spiro atoms. The summed E-state index contributed by atoms with van der Waals surface area (Å²) >= 11 is 0. The fourth-order valence-corrected chi connectivity index (χ4v) is 1.97. The van der Waals surface area contributed by atoms with Gasteiger partial charge < -0.3 is 10.4 Å². The minimum atomic E-state index is -0.0710. The Hall–Kier alpha value is -1.35. The summed E-state index contributed by atoms with van der Waals surface area (Å²) in [6.45, 7) is 5.96. The molecule has 0 aliphatic carbocycles. The van der Waals surface area contributed by atoms with Gasteiger partial charge in [-0.05, 0) is 24.8 Å². The van der Waals surface area contributed by atoms with E-state index in [0.29, 0.717) is 6.42 Å². The molecule has 3 nitrogen and oxygen atoms in total. The summed E-state index contributed by atoms with van der Waals surface area (Å²) in [4.78, 5) is 12.0. The van der Waals surface area contributed by atoms with Crippen molar-refractivity contribution >= 4 is 5.91 Å². The van der Waals surface area contributed by atoms with Gasteiger partial charge in [0.05, 0.1) is 6.04 Å². The first-order valence-corrected chi connectivity index (χ1v) is 6.50. The van der Waals surface area contributed by atoms with E-state index < -0.39 is 0 Å². The summed E-state index contributed by atoms with van der Waals surface area (Å²) in [7, 11) is 0. The molecule has 3 heteroatoms. The molecule has 0 heterocycles. The Morgan fingerprint density at radius 2 is 1.83 bits per heavy atom. The standard InChI is InChI=1S/C15H23NO2/c1-11(10-17)9-12(2)15(18)16-13(3)14-7-5-4-6-8-14/h4-8,11-13,17H,9-10H2,1-3H3,(H,16,18)/t11-,12+,13+/m1/s1. The fourth-order valence-electron chi connectivity index (χ4n) is 1.97. The molecule has 0 fully saturated rings. The van der Waals surface area contributed by atoms with Crippen LogP contribution in [0.2, 0.25) is 0 Å². The SMILES string of the molecule is C[C@@H](CO)C[C@H](C)C(=O)N[C@@H](C)c1ccccc1. The molecular weight excluding hydrogens is 226 g/mol. The minimum absolute atomic E-state index is 0.0191. The predicted molar refractivity (Wildman–Crippen MR) is 73.0 cm³/mol. The Balaban J connectivity index is 2.49. The third kappa shape index (κ3) is 4.49. The molecule has 0 saturated carbocycles. The number of carbonyl (C=O) groups excluding carboxylic acids is 1. The molecule has 100 valence electrons. The van der Waals surface area contributed by atoms with E-state index in [1.165, 1.54) is 0 Å². The summed E-state index contributed by atoms with van der Waals surface area (Å²) in [5.41, 5.74) is 1.10. The lowest BCUT2D eigenvalue weighted by molar-refractivity contribution is -0.125. The molecular formula is C15H23NO2. The van der Waals surface area contributed by atoms with Crippen LogP contribution in [0, 0.1) is 11.8 Å². The lowest BCUT2D eigenvalue weighted by Gasteiger charge is -2.19. The highest BCUT2D eigenvalue weighted by molar-refractivity contribution is 5.78. The van der Waals surface area contributed by atoms with Crippen LogP contribution in [0.4, 0.5) is 0 Å². The van der Waals surface area contributed by atoms with E-state index in [9.17, 15) is 4.79 Å². The van der Waals surface area contributed by atoms with Crippen LogP contribution in [0.3, 0.4) is 0 Å². The smallest absolute Gasteiger partial charge is 0.223 e. The Morgan fingerprint density at radius 1 is 1.22 bits per heavy atom. The monoisotopic (exact) mass is 249 g/mol. The number of nitrogens with one attached hydrogen (secondary N) is 1. The lowest BCUT2D eigenvalue weighted by Crippen LogP contribution is -2.32. The van der Waals surface area contributed by atoms with E-state index in [0.717, 1.165) is 5.56 Å². The van der Waals surface area contributed by atoms with E-state index in [1.54, 1.807) is 0 Å². The third-order valence-corrected chi connectivity index (χ3v) is 3.17. The Kier molecular flexibility index (Phi) is 5.86. The summed E-state index contributed by atoms with van der Waals surface area (Å²) in [6, 6.07) is 9.93. The van der Waals surface area contributed by atoms with Gasteiger partial charge in [0.1, 0.15) is 0 Å². The van der Waals surface area contributed by atoms with Gasteiger partial charge in [-0.1, -0.05) is 44.2 Å². The quantitative estimate of drug-likeness (QED) is 0.814. The number of aliphatic hydroxyl groups is 1. The van der Waals surface area contributed by atoms with Crippen LogP contribution in [-0.4, -0.2) is 17.6 Å². The zero-order chi connectivity index (χ0) is 13.5. The second-order valence-corrected chi connectivity index (χ2v) is 5.07.